The van der Waals surface area contributed by atoms with Crippen molar-refractivity contribution in [3.05, 3.63) is 63.8 Å². The van der Waals surface area contributed by atoms with Crippen LogP contribution in [0.4, 0.5) is 16.2 Å². The lowest BCUT2D eigenvalue weighted by Gasteiger charge is -2.27. The maximum atomic E-state index is 12.7. The highest BCUT2D eigenvalue weighted by molar-refractivity contribution is 5.92. The lowest BCUT2D eigenvalue weighted by Crippen LogP contribution is -2.38. The average molecular weight is 366 g/mol. The SMILES string of the molecule is COc1cc([N+](=O)[O-])ccc1NC(=O)N1CCc2c([nH]c3ccccc23)C1. The number of nitro groups is 1. The van der Waals surface area contributed by atoms with Crippen LogP contribution in [0.2, 0.25) is 0 Å². The van der Waals surface area contributed by atoms with Gasteiger partial charge in [0.25, 0.3) is 5.69 Å². The van der Waals surface area contributed by atoms with Crippen molar-refractivity contribution in [2.24, 2.45) is 0 Å². The number of nitro benzene ring substituents is 1. The van der Waals surface area contributed by atoms with E-state index in [1.54, 1.807) is 4.90 Å². The van der Waals surface area contributed by atoms with Crippen molar-refractivity contribution in [3.63, 3.8) is 0 Å². The number of para-hydroxylation sites is 1. The van der Waals surface area contributed by atoms with Crippen molar-refractivity contribution in [2.45, 2.75) is 13.0 Å². The van der Waals surface area contributed by atoms with Crippen molar-refractivity contribution >= 4 is 28.3 Å². The Morgan fingerprint density at radius 2 is 2.11 bits per heavy atom. The Morgan fingerprint density at radius 3 is 2.89 bits per heavy atom. The first kappa shape index (κ1) is 16.9. The lowest BCUT2D eigenvalue weighted by atomic mass is 10.0. The molecule has 0 spiro atoms. The second kappa shape index (κ2) is 6.64. The van der Waals surface area contributed by atoms with Gasteiger partial charge in [-0.15, -0.1) is 0 Å². The maximum absolute atomic E-state index is 12.7. The molecule has 2 amide bonds. The van der Waals surface area contributed by atoms with E-state index in [4.69, 9.17) is 4.74 Å². The number of H-pyrrole nitrogens is 1. The summed E-state index contributed by atoms with van der Waals surface area (Å²) in [5, 5.41) is 14.9. The molecule has 0 atom stereocenters. The number of methoxy groups -OCH3 is 1. The summed E-state index contributed by atoms with van der Waals surface area (Å²) in [4.78, 5) is 28.2. The summed E-state index contributed by atoms with van der Waals surface area (Å²) in [6.07, 6.45) is 0.768. The molecule has 0 bridgehead atoms. The van der Waals surface area contributed by atoms with E-state index in [1.165, 1.54) is 36.3 Å². The monoisotopic (exact) mass is 366 g/mol. The molecule has 4 rings (SSSR count). The van der Waals surface area contributed by atoms with Gasteiger partial charge in [0.05, 0.1) is 30.3 Å². The Kier molecular flexibility index (Phi) is 4.15. The van der Waals surface area contributed by atoms with Crippen molar-refractivity contribution in [1.82, 2.24) is 9.88 Å². The normalized spacial score (nSPS) is 13.3. The molecule has 27 heavy (non-hydrogen) atoms. The van der Waals surface area contributed by atoms with Crippen LogP contribution in [0.3, 0.4) is 0 Å². The summed E-state index contributed by atoms with van der Waals surface area (Å²) in [6.45, 7) is 1.07. The van der Waals surface area contributed by atoms with Crippen LogP contribution in [-0.4, -0.2) is 34.5 Å². The zero-order chi connectivity index (χ0) is 19.0. The number of nitrogens with one attached hydrogen (secondary N) is 2. The number of non-ortho nitro benzene ring substituents is 1. The fourth-order valence-electron chi connectivity index (χ4n) is 3.46. The number of urea groups is 1. The number of amides is 2. The first-order valence-corrected chi connectivity index (χ1v) is 8.53. The van der Waals surface area contributed by atoms with Gasteiger partial charge < -0.3 is 19.9 Å². The number of ether oxygens (including phenoxy) is 1. The highest BCUT2D eigenvalue weighted by atomic mass is 16.6. The zero-order valence-electron chi connectivity index (χ0n) is 14.7. The van der Waals surface area contributed by atoms with Crippen molar-refractivity contribution < 1.29 is 14.5 Å². The number of nitrogens with zero attached hydrogens (tertiary/aromatic N) is 2. The number of aromatic amines is 1. The van der Waals surface area contributed by atoms with Gasteiger partial charge in [-0.1, -0.05) is 18.2 Å². The van der Waals surface area contributed by atoms with Gasteiger partial charge in [-0.05, 0) is 24.1 Å². The number of carbonyl (C=O) groups excluding carboxylic acids is 1. The average Bonchev–Trinajstić information content (AvgIpc) is 3.05. The summed E-state index contributed by atoms with van der Waals surface area (Å²) in [6, 6.07) is 11.9. The third kappa shape index (κ3) is 3.05. The van der Waals surface area contributed by atoms with Gasteiger partial charge in [-0.25, -0.2) is 4.79 Å². The number of anilines is 1. The van der Waals surface area contributed by atoms with Gasteiger partial charge in [0.2, 0.25) is 0 Å². The van der Waals surface area contributed by atoms with Crippen LogP contribution >= 0.6 is 0 Å². The quantitative estimate of drug-likeness (QED) is 0.545. The molecule has 0 aliphatic carbocycles. The number of hydrogen-bond donors (Lipinski definition) is 2. The molecular formula is C19H18N4O4. The Bertz CT molecular complexity index is 1040. The fraction of sp³-hybridized carbons (Fsp3) is 0.211. The molecule has 1 aromatic heterocycles. The number of fused-ring (bicyclic) bond motifs is 3. The third-order valence-electron chi connectivity index (χ3n) is 4.81. The van der Waals surface area contributed by atoms with Crippen LogP contribution in [0, 0.1) is 10.1 Å². The first-order valence-electron chi connectivity index (χ1n) is 8.53. The smallest absolute Gasteiger partial charge is 0.322 e. The van der Waals surface area contributed by atoms with E-state index in [1.807, 2.05) is 18.2 Å². The molecular weight excluding hydrogens is 348 g/mol. The molecule has 0 saturated heterocycles. The van der Waals surface area contributed by atoms with Gasteiger partial charge in [0.15, 0.2) is 0 Å². The molecule has 0 fully saturated rings. The van der Waals surface area contributed by atoms with Gasteiger partial charge in [-0.3, -0.25) is 10.1 Å². The van der Waals surface area contributed by atoms with E-state index in [2.05, 4.69) is 16.4 Å². The van der Waals surface area contributed by atoms with E-state index < -0.39 is 4.92 Å². The molecule has 1 aliphatic rings. The second-order valence-electron chi connectivity index (χ2n) is 6.37. The fourth-order valence-corrected chi connectivity index (χ4v) is 3.46. The molecule has 0 unspecified atom stereocenters. The van der Waals surface area contributed by atoms with Crippen molar-refractivity contribution in [2.75, 3.05) is 19.0 Å². The largest absolute Gasteiger partial charge is 0.494 e. The lowest BCUT2D eigenvalue weighted by molar-refractivity contribution is -0.384. The topological polar surface area (TPSA) is 100 Å². The summed E-state index contributed by atoms with van der Waals surface area (Å²) in [5.41, 5.74) is 3.67. The van der Waals surface area contributed by atoms with Gasteiger partial charge in [0, 0.05) is 29.2 Å². The number of aromatic nitrogens is 1. The van der Waals surface area contributed by atoms with Crippen LogP contribution in [0.25, 0.3) is 10.9 Å². The van der Waals surface area contributed by atoms with Crippen LogP contribution in [0.1, 0.15) is 11.3 Å². The predicted molar refractivity (Wildman–Crippen MR) is 101 cm³/mol. The van der Waals surface area contributed by atoms with E-state index in [-0.39, 0.29) is 17.5 Å². The van der Waals surface area contributed by atoms with E-state index in [9.17, 15) is 14.9 Å². The minimum absolute atomic E-state index is 0.0921. The zero-order valence-corrected chi connectivity index (χ0v) is 14.7. The van der Waals surface area contributed by atoms with Crippen molar-refractivity contribution in [1.29, 1.82) is 0 Å². The standard InChI is InChI=1S/C19H18N4O4/c1-27-18-10-12(23(25)26)6-7-16(18)21-19(24)22-9-8-14-13-4-2-3-5-15(13)20-17(14)11-22/h2-7,10,20H,8-9,11H2,1H3,(H,21,24). The highest BCUT2D eigenvalue weighted by Gasteiger charge is 2.24. The summed E-state index contributed by atoms with van der Waals surface area (Å²) in [5.74, 6) is 0.251. The molecule has 138 valence electrons. The predicted octanol–water partition coefficient (Wildman–Crippen LogP) is 3.67. The molecule has 0 saturated carbocycles. The van der Waals surface area contributed by atoms with E-state index in [0.717, 1.165) is 17.6 Å². The number of benzene rings is 2. The summed E-state index contributed by atoms with van der Waals surface area (Å²) in [7, 11) is 1.41. The second-order valence-corrected chi connectivity index (χ2v) is 6.37. The Labute approximate surface area is 154 Å². The van der Waals surface area contributed by atoms with Gasteiger partial charge >= 0.3 is 6.03 Å². The molecule has 8 heteroatoms. The van der Waals surface area contributed by atoms with E-state index >= 15 is 0 Å². The molecule has 3 aromatic rings. The summed E-state index contributed by atoms with van der Waals surface area (Å²) < 4.78 is 5.18. The maximum Gasteiger partial charge on any atom is 0.322 e. The van der Waals surface area contributed by atoms with Crippen molar-refractivity contribution in [3.8, 4) is 5.75 Å². The van der Waals surface area contributed by atoms with Gasteiger partial charge in [-0.2, -0.15) is 0 Å². The minimum atomic E-state index is -0.504. The molecule has 0 radical (unpaired) electrons. The Morgan fingerprint density at radius 1 is 1.30 bits per heavy atom. The van der Waals surface area contributed by atoms with Crippen LogP contribution in [-0.2, 0) is 13.0 Å². The highest BCUT2D eigenvalue weighted by Crippen LogP contribution is 2.31. The first-order chi connectivity index (χ1) is 13.1. The van der Waals surface area contributed by atoms with Crippen LogP contribution in [0.15, 0.2) is 42.5 Å². The molecule has 8 nitrogen and oxygen atoms in total. The Balaban J connectivity index is 1.53. The Hall–Kier alpha value is -3.55. The van der Waals surface area contributed by atoms with Crippen LogP contribution in [0.5, 0.6) is 5.75 Å². The van der Waals surface area contributed by atoms with E-state index in [0.29, 0.717) is 18.8 Å². The molecule has 2 aromatic carbocycles. The minimum Gasteiger partial charge on any atom is -0.494 e. The molecule has 1 aliphatic heterocycles. The third-order valence-corrected chi connectivity index (χ3v) is 4.81. The molecule has 2 heterocycles. The number of hydrogen-bond acceptors (Lipinski definition) is 4. The van der Waals surface area contributed by atoms with Gasteiger partial charge in [0.1, 0.15) is 5.75 Å². The molecule has 2 N–H and O–H groups in total. The summed E-state index contributed by atoms with van der Waals surface area (Å²) >= 11 is 0. The van der Waals surface area contributed by atoms with Crippen LogP contribution < -0.4 is 10.1 Å². The number of rotatable bonds is 3. The number of carbonyl (C=O) groups is 1.